The molecule has 0 atom stereocenters. The van der Waals surface area contributed by atoms with Crippen LogP contribution in [0.4, 0.5) is 0 Å². The van der Waals surface area contributed by atoms with E-state index in [1.54, 1.807) is 12.4 Å². The third-order valence-corrected chi connectivity index (χ3v) is 1.97. The molecule has 11 heavy (non-hydrogen) atoms. The van der Waals surface area contributed by atoms with E-state index < -0.39 is 0 Å². The van der Waals surface area contributed by atoms with Crippen LogP contribution >= 0.6 is 0 Å². The molecule has 0 aliphatic heterocycles. The van der Waals surface area contributed by atoms with Crippen molar-refractivity contribution in [3.63, 3.8) is 0 Å². The molecule has 0 aliphatic rings. The van der Waals surface area contributed by atoms with Crippen LogP contribution in [0.25, 0.3) is 0 Å². The van der Waals surface area contributed by atoms with Crippen molar-refractivity contribution in [2.75, 3.05) is 0 Å². The zero-order valence-electron chi connectivity index (χ0n) is 7.20. The fourth-order valence-corrected chi connectivity index (χ4v) is 0.716. The second-order valence-electron chi connectivity index (χ2n) is 3.20. The van der Waals surface area contributed by atoms with E-state index in [9.17, 15) is 0 Å². The summed E-state index contributed by atoms with van der Waals surface area (Å²) < 4.78 is 0. The first-order valence-corrected chi connectivity index (χ1v) is 3.81. The summed E-state index contributed by atoms with van der Waals surface area (Å²) in [4.78, 5) is 4.15. The van der Waals surface area contributed by atoms with E-state index in [2.05, 4.69) is 36.0 Å². The van der Waals surface area contributed by atoms with E-state index in [-0.39, 0.29) is 5.41 Å². The molecule has 0 unspecified atom stereocenters. The van der Waals surface area contributed by atoms with Gasteiger partial charge >= 0.3 is 0 Å². The molecule has 0 aliphatic carbocycles. The molecule has 1 rings (SSSR count). The van der Waals surface area contributed by atoms with Gasteiger partial charge in [0.2, 0.25) is 0 Å². The van der Waals surface area contributed by atoms with Crippen LogP contribution < -0.4 is 0 Å². The minimum Gasteiger partial charge on any atom is -0.237 e. The summed E-state index contributed by atoms with van der Waals surface area (Å²) in [6.07, 6.45) is 4.30. The van der Waals surface area contributed by atoms with Crippen molar-refractivity contribution < 1.29 is 0 Å². The van der Waals surface area contributed by atoms with Crippen LogP contribution in [0.15, 0.2) is 12.4 Å². The zero-order valence-corrected chi connectivity index (χ0v) is 7.20. The maximum atomic E-state index is 4.15. The Labute approximate surface area is 66.9 Å². The third kappa shape index (κ3) is 1.73. The highest BCUT2D eigenvalue weighted by molar-refractivity contribution is 4.99. The summed E-state index contributed by atoms with van der Waals surface area (Å²) in [6.45, 7) is 6.35. The van der Waals surface area contributed by atoms with Crippen molar-refractivity contribution in [3.05, 3.63) is 18.2 Å². The highest BCUT2D eigenvalue weighted by Crippen LogP contribution is 2.21. The Morgan fingerprint density at radius 2 is 2.09 bits per heavy atom. The van der Waals surface area contributed by atoms with E-state index in [1.807, 2.05) is 0 Å². The molecule has 0 aromatic carbocycles. The van der Waals surface area contributed by atoms with Gasteiger partial charge in [0.25, 0.3) is 0 Å². The van der Waals surface area contributed by atoms with E-state index in [0.29, 0.717) is 0 Å². The first-order chi connectivity index (χ1) is 5.17. The fourth-order valence-electron chi connectivity index (χ4n) is 0.716. The molecule has 1 aromatic heterocycles. The maximum Gasteiger partial charge on any atom is 0.156 e. The maximum absolute atomic E-state index is 4.15. The normalized spacial score (nSPS) is 11.5. The first kappa shape index (κ1) is 8.11. The molecule has 60 valence electrons. The van der Waals surface area contributed by atoms with Gasteiger partial charge < -0.3 is 0 Å². The van der Waals surface area contributed by atoms with Crippen molar-refractivity contribution in [1.82, 2.24) is 15.2 Å². The number of rotatable bonds is 2. The van der Waals surface area contributed by atoms with Gasteiger partial charge in [0, 0.05) is 11.6 Å². The van der Waals surface area contributed by atoms with Crippen molar-refractivity contribution >= 4 is 0 Å². The predicted molar refractivity (Wildman–Crippen MR) is 43.1 cm³/mol. The number of hydrogen-bond acceptors (Lipinski definition) is 3. The molecule has 0 fully saturated rings. The van der Waals surface area contributed by atoms with Crippen molar-refractivity contribution in [1.29, 1.82) is 0 Å². The number of hydrogen-bond donors (Lipinski definition) is 0. The Morgan fingerprint density at radius 3 is 2.55 bits per heavy atom. The molecule has 0 N–H and O–H groups in total. The van der Waals surface area contributed by atoms with Crippen molar-refractivity contribution in [3.8, 4) is 0 Å². The topological polar surface area (TPSA) is 38.7 Å². The molecule has 0 radical (unpaired) electrons. The Balaban J connectivity index is 2.93. The van der Waals surface area contributed by atoms with Gasteiger partial charge in [0.1, 0.15) is 0 Å². The Kier molecular flexibility index (Phi) is 2.17. The first-order valence-electron chi connectivity index (χ1n) is 3.81. The Hall–Kier alpha value is -0.990. The molecule has 3 nitrogen and oxygen atoms in total. The van der Waals surface area contributed by atoms with Gasteiger partial charge in [-0.3, -0.25) is 0 Å². The smallest absolute Gasteiger partial charge is 0.156 e. The summed E-state index contributed by atoms with van der Waals surface area (Å²) in [5, 5.41) is 7.75. The summed E-state index contributed by atoms with van der Waals surface area (Å²) in [7, 11) is 0. The lowest BCUT2D eigenvalue weighted by Gasteiger charge is -2.18. The molecule has 0 amide bonds. The minimum absolute atomic E-state index is 0.0499. The van der Waals surface area contributed by atoms with Crippen LogP contribution in [0.2, 0.25) is 0 Å². The van der Waals surface area contributed by atoms with Gasteiger partial charge in [-0.25, -0.2) is 4.98 Å². The highest BCUT2D eigenvalue weighted by Gasteiger charge is 2.20. The second-order valence-corrected chi connectivity index (χ2v) is 3.20. The summed E-state index contributed by atoms with van der Waals surface area (Å²) in [6, 6.07) is 0. The van der Waals surface area contributed by atoms with Crippen LogP contribution in [0.3, 0.4) is 0 Å². The van der Waals surface area contributed by atoms with Gasteiger partial charge in [-0.2, -0.15) is 5.10 Å². The van der Waals surface area contributed by atoms with E-state index >= 15 is 0 Å². The molecule has 0 bridgehead atoms. The van der Waals surface area contributed by atoms with Crippen LogP contribution in [-0.2, 0) is 5.41 Å². The lowest BCUT2D eigenvalue weighted by molar-refractivity contribution is 0.464. The zero-order chi connectivity index (χ0) is 8.32. The lowest BCUT2D eigenvalue weighted by Crippen LogP contribution is -2.19. The number of nitrogens with zero attached hydrogens (tertiary/aromatic N) is 3. The Morgan fingerprint density at radius 1 is 1.36 bits per heavy atom. The summed E-state index contributed by atoms with van der Waals surface area (Å²) >= 11 is 0. The van der Waals surface area contributed by atoms with Crippen LogP contribution in [-0.4, -0.2) is 15.2 Å². The number of aromatic nitrogens is 3. The predicted octanol–water partition coefficient (Wildman–Crippen LogP) is 1.56. The van der Waals surface area contributed by atoms with Gasteiger partial charge in [-0.1, -0.05) is 20.8 Å². The van der Waals surface area contributed by atoms with Gasteiger partial charge in [-0.05, 0) is 6.42 Å². The van der Waals surface area contributed by atoms with Gasteiger partial charge in [0.15, 0.2) is 5.82 Å². The molecular weight excluding hydrogens is 138 g/mol. The quantitative estimate of drug-likeness (QED) is 0.643. The molecule has 1 heterocycles. The summed E-state index contributed by atoms with van der Waals surface area (Å²) in [5.41, 5.74) is 0.0499. The molecule has 0 spiro atoms. The van der Waals surface area contributed by atoms with Crippen LogP contribution in [0, 0.1) is 0 Å². The second kappa shape index (κ2) is 2.95. The fraction of sp³-hybridized carbons (Fsp3) is 0.625. The average Bonchev–Trinajstić information content (AvgIpc) is 2.06. The van der Waals surface area contributed by atoms with Crippen molar-refractivity contribution in [2.24, 2.45) is 0 Å². The summed E-state index contributed by atoms with van der Waals surface area (Å²) in [5.74, 6) is 0.822. The van der Waals surface area contributed by atoms with E-state index in [1.165, 1.54) is 0 Å². The van der Waals surface area contributed by atoms with E-state index in [0.717, 1.165) is 12.2 Å². The van der Waals surface area contributed by atoms with Gasteiger partial charge in [-0.15, -0.1) is 5.10 Å². The van der Waals surface area contributed by atoms with Crippen molar-refractivity contribution in [2.45, 2.75) is 32.6 Å². The minimum atomic E-state index is 0.0499. The lowest BCUT2D eigenvalue weighted by atomic mass is 9.89. The molecule has 0 saturated heterocycles. The molecule has 3 heteroatoms. The average molecular weight is 151 g/mol. The molecule has 0 saturated carbocycles. The van der Waals surface area contributed by atoms with Crippen LogP contribution in [0.1, 0.15) is 33.0 Å². The molecule has 1 aromatic rings. The van der Waals surface area contributed by atoms with E-state index in [4.69, 9.17) is 0 Å². The Bertz CT molecular complexity index is 218. The largest absolute Gasteiger partial charge is 0.237 e. The SMILES string of the molecule is CCC(C)(C)c1nccnn1. The standard InChI is InChI=1S/C8H13N3/c1-4-8(2,3)7-9-5-6-10-11-7/h5-6H,4H2,1-3H3. The third-order valence-electron chi connectivity index (χ3n) is 1.97. The highest BCUT2D eigenvalue weighted by atomic mass is 15.1. The monoisotopic (exact) mass is 151 g/mol. The van der Waals surface area contributed by atoms with Crippen LogP contribution in [0.5, 0.6) is 0 Å². The molecular formula is C8H13N3. The van der Waals surface area contributed by atoms with Gasteiger partial charge in [0.05, 0.1) is 6.20 Å².